The molecule has 0 amide bonds. The third-order valence-corrected chi connectivity index (χ3v) is 4.05. The molecule has 0 saturated carbocycles. The summed E-state index contributed by atoms with van der Waals surface area (Å²) in [5.41, 5.74) is 9.10. The highest BCUT2D eigenvalue weighted by atomic mass is 16.1. The zero-order chi connectivity index (χ0) is 14.6. The van der Waals surface area contributed by atoms with Crippen molar-refractivity contribution in [3.8, 4) is 0 Å². The zero-order valence-electron chi connectivity index (χ0n) is 12.4. The summed E-state index contributed by atoms with van der Waals surface area (Å²) >= 11 is 0. The average Bonchev–Trinajstić information content (AvgIpc) is 2.34. The monoisotopic (exact) mass is 262 g/mol. The molecule has 0 heterocycles. The summed E-state index contributed by atoms with van der Waals surface area (Å²) in [6.07, 6.45) is 0. The van der Waals surface area contributed by atoms with Gasteiger partial charge >= 0.3 is 0 Å². The van der Waals surface area contributed by atoms with Crippen molar-refractivity contribution in [1.29, 1.82) is 0 Å². The first-order valence-corrected chi connectivity index (χ1v) is 6.87. The number of rotatable bonds is 0. The zero-order valence-corrected chi connectivity index (χ0v) is 12.4. The minimum absolute atomic E-state index is 0.126. The van der Waals surface area contributed by atoms with Gasteiger partial charge in [-0.3, -0.25) is 4.79 Å². The van der Waals surface area contributed by atoms with E-state index in [9.17, 15) is 4.79 Å². The van der Waals surface area contributed by atoms with Crippen LogP contribution in [0.5, 0.6) is 0 Å². The van der Waals surface area contributed by atoms with E-state index in [0.29, 0.717) is 0 Å². The van der Waals surface area contributed by atoms with Crippen molar-refractivity contribution in [2.45, 2.75) is 27.7 Å². The second-order valence-electron chi connectivity index (χ2n) is 5.82. The number of fused-ring (bicyclic) bond motifs is 2. The highest BCUT2D eigenvalue weighted by Crippen LogP contribution is 2.39. The predicted molar refractivity (Wildman–Crippen MR) is 83.4 cm³/mol. The minimum Gasteiger partial charge on any atom is -0.289 e. The molecule has 0 aliphatic heterocycles. The molecule has 0 saturated heterocycles. The molecule has 0 N–H and O–H groups in total. The van der Waals surface area contributed by atoms with Crippen LogP contribution in [0.3, 0.4) is 0 Å². The van der Waals surface area contributed by atoms with Gasteiger partial charge < -0.3 is 0 Å². The molecule has 0 fully saturated rings. The standard InChI is InChI=1S/C19H18O/c1-10-6-12(3)17-14(5)18-13(4)7-11(2)9-16(18)19(20)15(17)8-10/h6-9H,5H2,1-4H3. The lowest BCUT2D eigenvalue weighted by Gasteiger charge is -2.25. The van der Waals surface area contributed by atoms with Crippen LogP contribution < -0.4 is 0 Å². The van der Waals surface area contributed by atoms with Crippen LogP contribution in [0.1, 0.15) is 49.3 Å². The number of benzene rings is 2. The fourth-order valence-corrected chi connectivity index (χ4v) is 3.36. The Morgan fingerprint density at radius 3 is 1.55 bits per heavy atom. The van der Waals surface area contributed by atoms with Crippen molar-refractivity contribution >= 4 is 11.4 Å². The van der Waals surface area contributed by atoms with E-state index in [4.69, 9.17) is 0 Å². The number of ketones is 1. The lowest BCUT2D eigenvalue weighted by atomic mass is 9.77. The summed E-state index contributed by atoms with van der Waals surface area (Å²) in [6, 6.07) is 8.20. The van der Waals surface area contributed by atoms with Gasteiger partial charge in [0.15, 0.2) is 5.78 Å². The Hall–Kier alpha value is -2.15. The van der Waals surface area contributed by atoms with Crippen LogP contribution in [0.2, 0.25) is 0 Å². The van der Waals surface area contributed by atoms with Crippen LogP contribution in [0, 0.1) is 27.7 Å². The van der Waals surface area contributed by atoms with Crippen LogP contribution in [0.15, 0.2) is 30.8 Å². The van der Waals surface area contributed by atoms with E-state index in [1.807, 2.05) is 26.0 Å². The Morgan fingerprint density at radius 1 is 0.750 bits per heavy atom. The molecule has 2 aromatic carbocycles. The Kier molecular flexibility index (Phi) is 2.68. The van der Waals surface area contributed by atoms with E-state index < -0.39 is 0 Å². The molecule has 1 aliphatic rings. The smallest absolute Gasteiger partial charge is 0.194 e. The van der Waals surface area contributed by atoms with Gasteiger partial charge in [0.05, 0.1) is 0 Å². The van der Waals surface area contributed by atoms with Gasteiger partial charge in [0.25, 0.3) is 0 Å². The van der Waals surface area contributed by atoms with Crippen LogP contribution in [-0.4, -0.2) is 5.78 Å². The summed E-state index contributed by atoms with van der Waals surface area (Å²) in [6.45, 7) is 12.4. The number of aryl methyl sites for hydroxylation is 4. The first kappa shape index (κ1) is 12.9. The Morgan fingerprint density at radius 2 is 1.15 bits per heavy atom. The second-order valence-corrected chi connectivity index (χ2v) is 5.82. The van der Waals surface area contributed by atoms with E-state index in [1.54, 1.807) is 0 Å². The van der Waals surface area contributed by atoms with Crippen LogP contribution in [-0.2, 0) is 0 Å². The molecule has 3 rings (SSSR count). The first-order valence-electron chi connectivity index (χ1n) is 6.87. The number of hydrogen-bond acceptors (Lipinski definition) is 1. The molecule has 1 heteroatoms. The molecule has 0 bridgehead atoms. The molecule has 0 atom stereocenters. The third kappa shape index (κ3) is 1.66. The van der Waals surface area contributed by atoms with E-state index in [0.717, 1.165) is 50.1 Å². The lowest BCUT2D eigenvalue weighted by molar-refractivity contribution is 0.103. The molecule has 0 spiro atoms. The largest absolute Gasteiger partial charge is 0.289 e. The predicted octanol–water partition coefficient (Wildman–Crippen LogP) is 4.53. The quantitative estimate of drug-likeness (QED) is 0.582. The molecule has 100 valence electrons. The third-order valence-electron chi connectivity index (χ3n) is 4.05. The van der Waals surface area contributed by atoms with E-state index >= 15 is 0 Å². The average molecular weight is 262 g/mol. The summed E-state index contributed by atoms with van der Waals surface area (Å²) in [5, 5.41) is 0. The highest BCUT2D eigenvalue weighted by molar-refractivity contribution is 6.19. The van der Waals surface area contributed by atoms with Gasteiger partial charge in [-0.25, -0.2) is 0 Å². The van der Waals surface area contributed by atoms with Gasteiger partial charge in [-0.05, 0) is 67.7 Å². The summed E-state index contributed by atoms with van der Waals surface area (Å²) in [4.78, 5) is 12.8. The van der Waals surface area contributed by atoms with Crippen molar-refractivity contribution in [2.75, 3.05) is 0 Å². The van der Waals surface area contributed by atoms with Crippen molar-refractivity contribution in [3.63, 3.8) is 0 Å². The maximum Gasteiger partial charge on any atom is 0.194 e. The molecule has 1 nitrogen and oxygen atoms in total. The van der Waals surface area contributed by atoms with Crippen molar-refractivity contribution in [2.24, 2.45) is 0 Å². The Bertz CT molecular complexity index is 715. The second kappa shape index (κ2) is 4.17. The van der Waals surface area contributed by atoms with Crippen LogP contribution in [0.4, 0.5) is 0 Å². The van der Waals surface area contributed by atoms with Crippen LogP contribution >= 0.6 is 0 Å². The Balaban J connectivity index is 2.40. The van der Waals surface area contributed by atoms with Gasteiger partial charge in [-0.15, -0.1) is 0 Å². The molecule has 20 heavy (non-hydrogen) atoms. The van der Waals surface area contributed by atoms with Gasteiger partial charge in [0, 0.05) is 11.1 Å². The van der Waals surface area contributed by atoms with E-state index in [1.165, 1.54) is 0 Å². The Labute approximate surface area is 120 Å². The highest BCUT2D eigenvalue weighted by Gasteiger charge is 2.28. The molecule has 0 unspecified atom stereocenters. The fourth-order valence-electron chi connectivity index (χ4n) is 3.36. The van der Waals surface area contributed by atoms with Crippen LogP contribution in [0.25, 0.3) is 5.57 Å². The van der Waals surface area contributed by atoms with E-state index in [-0.39, 0.29) is 5.78 Å². The van der Waals surface area contributed by atoms with Gasteiger partial charge in [0.2, 0.25) is 0 Å². The van der Waals surface area contributed by atoms with Crippen molar-refractivity contribution in [3.05, 3.63) is 75.4 Å². The molecule has 2 aromatic rings. The lowest BCUT2D eigenvalue weighted by Crippen LogP contribution is -2.17. The normalized spacial score (nSPS) is 13.2. The van der Waals surface area contributed by atoms with Crippen molar-refractivity contribution in [1.82, 2.24) is 0 Å². The molecular formula is C19H18O. The van der Waals surface area contributed by atoms with Crippen molar-refractivity contribution < 1.29 is 4.79 Å². The first-order chi connectivity index (χ1) is 9.40. The molecule has 1 aliphatic carbocycles. The molecule has 0 aromatic heterocycles. The van der Waals surface area contributed by atoms with Gasteiger partial charge in [-0.2, -0.15) is 0 Å². The van der Waals surface area contributed by atoms with Gasteiger partial charge in [0.1, 0.15) is 0 Å². The number of hydrogen-bond donors (Lipinski definition) is 0. The summed E-state index contributed by atoms with van der Waals surface area (Å²) in [5.74, 6) is 0.126. The summed E-state index contributed by atoms with van der Waals surface area (Å²) in [7, 11) is 0. The summed E-state index contributed by atoms with van der Waals surface area (Å²) < 4.78 is 0. The maximum atomic E-state index is 12.8. The number of carbonyl (C=O) groups is 1. The van der Waals surface area contributed by atoms with E-state index in [2.05, 4.69) is 32.6 Å². The minimum atomic E-state index is 0.126. The maximum absolute atomic E-state index is 12.8. The topological polar surface area (TPSA) is 17.1 Å². The number of carbonyl (C=O) groups excluding carboxylic acids is 1. The molecular weight excluding hydrogens is 244 g/mol. The SMILES string of the molecule is C=C1c2c(C)cc(C)cc2C(=O)c2cc(C)cc(C)c21. The fraction of sp³-hybridized carbons (Fsp3) is 0.211. The van der Waals surface area contributed by atoms with Gasteiger partial charge in [-0.1, -0.05) is 29.8 Å². The molecule has 0 radical (unpaired) electrons.